The van der Waals surface area contributed by atoms with E-state index < -0.39 is 23.5 Å². The number of rotatable bonds is 3. The van der Waals surface area contributed by atoms with Crippen LogP contribution in [-0.4, -0.2) is 7.05 Å². The first kappa shape index (κ1) is 15.1. The first-order valence-corrected chi connectivity index (χ1v) is 6.81. The Bertz CT molecular complexity index is 643. The molecule has 106 valence electrons. The van der Waals surface area contributed by atoms with E-state index in [0.29, 0.717) is 10.0 Å². The average Bonchev–Trinajstić information content (AvgIpc) is 2.42. The number of hydrogen-bond acceptors (Lipinski definition) is 1. The molecule has 1 atom stereocenters. The Morgan fingerprint density at radius 1 is 1.05 bits per heavy atom. The van der Waals surface area contributed by atoms with E-state index in [1.54, 1.807) is 6.92 Å². The summed E-state index contributed by atoms with van der Waals surface area (Å²) in [5.41, 5.74) is 0.326. The van der Waals surface area contributed by atoms with Gasteiger partial charge in [-0.15, -0.1) is 0 Å². The van der Waals surface area contributed by atoms with Crippen molar-refractivity contribution in [1.29, 1.82) is 0 Å². The van der Waals surface area contributed by atoms with Crippen LogP contribution in [0.3, 0.4) is 0 Å². The fourth-order valence-electron chi connectivity index (χ4n) is 2.13. The van der Waals surface area contributed by atoms with Crippen molar-refractivity contribution in [2.45, 2.75) is 13.0 Å². The van der Waals surface area contributed by atoms with Gasteiger partial charge in [0.25, 0.3) is 0 Å². The van der Waals surface area contributed by atoms with Gasteiger partial charge in [-0.2, -0.15) is 0 Å². The molecule has 0 radical (unpaired) electrons. The Morgan fingerprint density at radius 2 is 1.70 bits per heavy atom. The molecule has 1 nitrogen and oxygen atoms in total. The molecule has 0 aliphatic rings. The van der Waals surface area contributed by atoms with Crippen LogP contribution >= 0.6 is 15.9 Å². The van der Waals surface area contributed by atoms with Crippen LogP contribution < -0.4 is 5.32 Å². The molecule has 0 aliphatic carbocycles. The van der Waals surface area contributed by atoms with Crippen molar-refractivity contribution in [3.05, 3.63) is 68.9 Å². The summed E-state index contributed by atoms with van der Waals surface area (Å²) in [6.45, 7) is 1.54. The molecule has 0 aromatic heterocycles. The average molecular weight is 344 g/mol. The molecule has 0 saturated heterocycles. The van der Waals surface area contributed by atoms with Crippen LogP contribution in [0.2, 0.25) is 0 Å². The quantitative estimate of drug-likeness (QED) is 0.866. The zero-order valence-corrected chi connectivity index (χ0v) is 12.6. The molecule has 0 fully saturated rings. The van der Waals surface area contributed by atoms with Gasteiger partial charge in [0, 0.05) is 15.6 Å². The second-order valence-electron chi connectivity index (χ2n) is 4.48. The lowest BCUT2D eigenvalue weighted by Gasteiger charge is -2.20. The van der Waals surface area contributed by atoms with Crippen molar-refractivity contribution >= 4 is 15.9 Å². The SMILES string of the molecule is CNC(c1cc(Br)ccc1F)c1c(F)ccc(C)c1F. The maximum Gasteiger partial charge on any atom is 0.134 e. The van der Waals surface area contributed by atoms with E-state index in [1.807, 2.05) is 0 Å². The minimum atomic E-state index is -0.896. The van der Waals surface area contributed by atoms with Gasteiger partial charge in [-0.25, -0.2) is 13.2 Å². The molecule has 1 N–H and O–H groups in total. The van der Waals surface area contributed by atoms with Crippen LogP contribution in [0.4, 0.5) is 13.2 Å². The lowest BCUT2D eigenvalue weighted by molar-refractivity contribution is 0.504. The second kappa shape index (κ2) is 5.97. The molecule has 20 heavy (non-hydrogen) atoms. The molecule has 1 unspecified atom stereocenters. The fraction of sp³-hybridized carbons (Fsp3) is 0.200. The van der Waals surface area contributed by atoms with Crippen molar-refractivity contribution in [3.63, 3.8) is 0 Å². The van der Waals surface area contributed by atoms with Crippen molar-refractivity contribution in [2.75, 3.05) is 7.05 Å². The summed E-state index contributed by atoms with van der Waals surface area (Å²) < 4.78 is 42.8. The van der Waals surface area contributed by atoms with Crippen molar-refractivity contribution < 1.29 is 13.2 Å². The highest BCUT2D eigenvalue weighted by Gasteiger charge is 2.24. The third kappa shape index (κ3) is 2.74. The lowest BCUT2D eigenvalue weighted by atomic mass is 9.95. The first-order valence-electron chi connectivity index (χ1n) is 6.02. The van der Waals surface area contributed by atoms with E-state index in [2.05, 4.69) is 21.2 Å². The highest BCUT2D eigenvalue weighted by Crippen LogP contribution is 2.31. The number of hydrogen-bond donors (Lipinski definition) is 1. The van der Waals surface area contributed by atoms with Crippen LogP contribution in [0.1, 0.15) is 22.7 Å². The molecular formula is C15H13BrF3N. The van der Waals surface area contributed by atoms with Gasteiger partial charge in [-0.3, -0.25) is 0 Å². The Labute approximate surface area is 123 Å². The van der Waals surface area contributed by atoms with Crippen LogP contribution in [0, 0.1) is 24.4 Å². The van der Waals surface area contributed by atoms with Gasteiger partial charge in [0.05, 0.1) is 6.04 Å². The minimum Gasteiger partial charge on any atom is -0.309 e. The predicted molar refractivity (Wildman–Crippen MR) is 76.1 cm³/mol. The van der Waals surface area contributed by atoms with E-state index in [-0.39, 0.29) is 11.1 Å². The molecular weight excluding hydrogens is 331 g/mol. The Hall–Kier alpha value is -1.33. The highest BCUT2D eigenvalue weighted by molar-refractivity contribution is 9.10. The summed E-state index contributed by atoms with van der Waals surface area (Å²) in [6, 6.07) is 5.96. The molecule has 0 spiro atoms. The fourth-order valence-corrected chi connectivity index (χ4v) is 2.51. The number of halogens is 4. The van der Waals surface area contributed by atoms with Crippen molar-refractivity contribution in [1.82, 2.24) is 5.32 Å². The third-order valence-electron chi connectivity index (χ3n) is 3.17. The Balaban J connectivity index is 2.64. The van der Waals surface area contributed by atoms with E-state index in [1.165, 1.54) is 37.4 Å². The maximum atomic E-state index is 14.2. The van der Waals surface area contributed by atoms with Gasteiger partial charge in [0.15, 0.2) is 0 Å². The summed E-state index contributed by atoms with van der Waals surface area (Å²) in [7, 11) is 1.53. The zero-order valence-electron chi connectivity index (χ0n) is 11.0. The molecule has 2 aromatic rings. The second-order valence-corrected chi connectivity index (χ2v) is 5.40. The van der Waals surface area contributed by atoms with E-state index in [0.717, 1.165) is 0 Å². The summed E-state index contributed by atoms with van der Waals surface area (Å²) in [5, 5.41) is 2.77. The molecule has 2 rings (SSSR count). The van der Waals surface area contributed by atoms with Crippen LogP contribution in [0.25, 0.3) is 0 Å². The molecule has 2 aromatic carbocycles. The standard InChI is InChI=1S/C15H13BrF3N/c1-8-3-5-12(18)13(14(8)19)15(20-2)10-7-9(16)4-6-11(10)17/h3-7,15,20H,1-2H3. The predicted octanol–water partition coefficient (Wildman–Crippen LogP) is 4.48. The molecule has 0 bridgehead atoms. The van der Waals surface area contributed by atoms with Gasteiger partial charge in [-0.05, 0) is 43.8 Å². The summed E-state index contributed by atoms with van der Waals surface area (Å²) in [6.07, 6.45) is 0. The summed E-state index contributed by atoms with van der Waals surface area (Å²) in [5.74, 6) is -1.89. The van der Waals surface area contributed by atoms with Gasteiger partial charge in [-0.1, -0.05) is 22.0 Å². The van der Waals surface area contributed by atoms with Crippen LogP contribution in [-0.2, 0) is 0 Å². The number of nitrogens with one attached hydrogen (secondary N) is 1. The monoisotopic (exact) mass is 343 g/mol. The lowest BCUT2D eigenvalue weighted by Crippen LogP contribution is -2.22. The normalized spacial score (nSPS) is 12.5. The van der Waals surface area contributed by atoms with Gasteiger partial charge >= 0.3 is 0 Å². The molecule has 5 heteroatoms. The highest BCUT2D eigenvalue weighted by atomic mass is 79.9. The summed E-state index contributed by atoms with van der Waals surface area (Å²) in [4.78, 5) is 0. The minimum absolute atomic E-state index is 0.176. The van der Waals surface area contributed by atoms with Crippen molar-refractivity contribution in [3.8, 4) is 0 Å². The molecule has 0 heterocycles. The van der Waals surface area contributed by atoms with Gasteiger partial charge < -0.3 is 5.32 Å². The molecule has 0 amide bonds. The van der Waals surface area contributed by atoms with E-state index >= 15 is 0 Å². The van der Waals surface area contributed by atoms with Crippen molar-refractivity contribution in [2.24, 2.45) is 0 Å². The Morgan fingerprint density at radius 3 is 2.35 bits per heavy atom. The smallest absolute Gasteiger partial charge is 0.134 e. The van der Waals surface area contributed by atoms with Gasteiger partial charge in [0.1, 0.15) is 17.5 Å². The molecule has 0 saturated carbocycles. The molecule has 0 aliphatic heterocycles. The topological polar surface area (TPSA) is 12.0 Å². The third-order valence-corrected chi connectivity index (χ3v) is 3.66. The number of benzene rings is 2. The van der Waals surface area contributed by atoms with Gasteiger partial charge in [0.2, 0.25) is 0 Å². The van der Waals surface area contributed by atoms with E-state index in [4.69, 9.17) is 0 Å². The zero-order chi connectivity index (χ0) is 14.9. The largest absolute Gasteiger partial charge is 0.309 e. The summed E-state index contributed by atoms with van der Waals surface area (Å²) >= 11 is 3.24. The first-order chi connectivity index (χ1) is 9.45. The van der Waals surface area contributed by atoms with Crippen LogP contribution in [0.15, 0.2) is 34.8 Å². The van der Waals surface area contributed by atoms with E-state index in [9.17, 15) is 13.2 Å². The Kier molecular flexibility index (Phi) is 4.50. The maximum absolute atomic E-state index is 14.2. The number of aryl methyl sites for hydroxylation is 1. The van der Waals surface area contributed by atoms with Crippen LogP contribution in [0.5, 0.6) is 0 Å².